The highest BCUT2D eigenvalue weighted by Crippen LogP contribution is 2.05. The molecule has 0 saturated heterocycles. The zero-order valence-corrected chi connectivity index (χ0v) is 6.36. The van der Waals surface area contributed by atoms with Gasteiger partial charge in [0.25, 0.3) is 0 Å². The molecule has 1 aromatic heterocycles. The normalized spacial score (nSPS) is 9.92. The molecule has 0 amide bonds. The number of nitro groups is 1. The molecule has 0 aliphatic heterocycles. The van der Waals surface area contributed by atoms with Gasteiger partial charge >= 0.3 is 16.9 Å². The summed E-state index contributed by atoms with van der Waals surface area (Å²) in [7, 11) is 0. The second kappa shape index (κ2) is 3.19. The third-order valence-corrected chi connectivity index (χ3v) is 1.38. The second-order valence-corrected chi connectivity index (χ2v) is 2.20. The Hall–Kier alpha value is -1.96. The van der Waals surface area contributed by atoms with E-state index in [0.29, 0.717) is 0 Å². The van der Waals surface area contributed by atoms with Crippen molar-refractivity contribution in [3.05, 3.63) is 36.6 Å². The Balaban J connectivity index is 3.57. The molecular formula is C5H6N4O4. The summed E-state index contributed by atoms with van der Waals surface area (Å²) in [6.07, 6.45) is 0. The van der Waals surface area contributed by atoms with Gasteiger partial charge in [-0.2, -0.15) is 0 Å². The lowest BCUT2D eigenvalue weighted by atomic mass is 10.3. The molecule has 70 valence electrons. The van der Waals surface area contributed by atoms with Crippen LogP contribution in [0.5, 0.6) is 0 Å². The molecule has 0 aliphatic rings. The minimum absolute atomic E-state index is 0.182. The number of H-pyrrole nitrogens is 2. The summed E-state index contributed by atoms with van der Waals surface area (Å²) in [5.74, 6) is 0. The molecule has 0 spiro atoms. The monoisotopic (exact) mass is 186 g/mol. The lowest BCUT2D eigenvalue weighted by molar-refractivity contribution is -0.387. The van der Waals surface area contributed by atoms with E-state index in [1.165, 1.54) is 0 Å². The first kappa shape index (κ1) is 9.13. The van der Waals surface area contributed by atoms with Crippen LogP contribution >= 0.6 is 0 Å². The van der Waals surface area contributed by atoms with Gasteiger partial charge in [0.15, 0.2) is 0 Å². The van der Waals surface area contributed by atoms with E-state index < -0.39 is 21.9 Å². The maximum atomic E-state index is 10.9. The largest absolute Gasteiger partial charge is 0.354 e. The fraction of sp³-hybridized carbons (Fsp3) is 0.200. The summed E-state index contributed by atoms with van der Waals surface area (Å²) in [6, 6.07) is 0. The van der Waals surface area contributed by atoms with Gasteiger partial charge in [0.2, 0.25) is 0 Å². The summed E-state index contributed by atoms with van der Waals surface area (Å²) in [5.41, 5.74) is 2.34. The van der Waals surface area contributed by atoms with E-state index >= 15 is 0 Å². The summed E-state index contributed by atoms with van der Waals surface area (Å²) < 4.78 is 0. The Morgan fingerprint density at radius 2 is 2.00 bits per heavy atom. The van der Waals surface area contributed by atoms with Crippen LogP contribution in [0.1, 0.15) is 5.69 Å². The molecule has 0 saturated carbocycles. The SMILES string of the molecule is NCc1[nH]c(=O)[nH]c(=O)c1[N+](=O)[O-]. The number of nitrogens with one attached hydrogen (secondary N) is 2. The van der Waals surface area contributed by atoms with Gasteiger partial charge in [-0.1, -0.05) is 0 Å². The van der Waals surface area contributed by atoms with Crippen molar-refractivity contribution in [1.82, 2.24) is 9.97 Å². The molecule has 1 heterocycles. The first-order chi connectivity index (χ1) is 6.06. The molecule has 0 aliphatic carbocycles. The number of nitrogens with two attached hydrogens (primary N) is 1. The molecule has 0 aromatic carbocycles. The summed E-state index contributed by atoms with van der Waals surface area (Å²) in [6.45, 7) is -0.268. The standard InChI is InChI=1S/C5H6N4O4/c6-1-2-3(9(12)13)4(10)8-5(11)7-2/h1,6H2,(H2,7,8,10,11). The molecule has 1 aromatic rings. The van der Waals surface area contributed by atoms with Gasteiger partial charge < -0.3 is 10.7 Å². The van der Waals surface area contributed by atoms with Gasteiger partial charge in [0.05, 0.1) is 4.92 Å². The van der Waals surface area contributed by atoms with Crippen LogP contribution in [0.25, 0.3) is 0 Å². The Bertz CT molecular complexity index is 445. The van der Waals surface area contributed by atoms with Gasteiger partial charge in [0, 0.05) is 6.54 Å². The quantitative estimate of drug-likeness (QED) is 0.378. The minimum Gasteiger partial charge on any atom is -0.325 e. The van der Waals surface area contributed by atoms with Crippen LogP contribution in [0.4, 0.5) is 5.69 Å². The van der Waals surface area contributed by atoms with Crippen molar-refractivity contribution in [1.29, 1.82) is 0 Å². The van der Waals surface area contributed by atoms with Crippen LogP contribution in [0.15, 0.2) is 9.59 Å². The van der Waals surface area contributed by atoms with E-state index in [1.54, 1.807) is 4.98 Å². The van der Waals surface area contributed by atoms with Crippen LogP contribution in [0.2, 0.25) is 0 Å². The third kappa shape index (κ3) is 1.62. The van der Waals surface area contributed by atoms with E-state index in [-0.39, 0.29) is 12.2 Å². The van der Waals surface area contributed by atoms with Crippen LogP contribution in [-0.2, 0) is 6.54 Å². The molecule has 8 nitrogen and oxygen atoms in total. The maximum absolute atomic E-state index is 10.9. The molecule has 0 bridgehead atoms. The van der Waals surface area contributed by atoms with Crippen molar-refractivity contribution < 1.29 is 4.92 Å². The lowest BCUT2D eigenvalue weighted by Crippen LogP contribution is -2.27. The predicted molar refractivity (Wildman–Crippen MR) is 42.2 cm³/mol. The van der Waals surface area contributed by atoms with Crippen LogP contribution < -0.4 is 17.0 Å². The first-order valence-electron chi connectivity index (χ1n) is 3.26. The second-order valence-electron chi connectivity index (χ2n) is 2.20. The smallest absolute Gasteiger partial charge is 0.325 e. The van der Waals surface area contributed by atoms with Crippen LogP contribution in [0, 0.1) is 10.1 Å². The summed E-state index contributed by atoms with van der Waals surface area (Å²) >= 11 is 0. The number of nitrogens with zero attached hydrogens (tertiary/aromatic N) is 1. The Morgan fingerprint density at radius 3 is 2.46 bits per heavy atom. The number of aromatic amines is 2. The predicted octanol–water partition coefficient (Wildman–Crippen LogP) is -1.57. The fourth-order valence-corrected chi connectivity index (χ4v) is 0.868. The molecule has 1 rings (SSSR count). The topological polar surface area (TPSA) is 135 Å². The molecule has 0 atom stereocenters. The van der Waals surface area contributed by atoms with Crippen molar-refractivity contribution in [3.8, 4) is 0 Å². The van der Waals surface area contributed by atoms with Gasteiger partial charge in [-0.3, -0.25) is 19.9 Å². The Morgan fingerprint density at radius 1 is 1.38 bits per heavy atom. The fourth-order valence-electron chi connectivity index (χ4n) is 0.868. The van der Waals surface area contributed by atoms with E-state index in [9.17, 15) is 19.7 Å². The summed E-state index contributed by atoms with van der Waals surface area (Å²) in [5, 5.41) is 10.3. The van der Waals surface area contributed by atoms with E-state index in [2.05, 4.69) is 4.98 Å². The highest BCUT2D eigenvalue weighted by atomic mass is 16.6. The number of hydrogen-bond donors (Lipinski definition) is 3. The van der Waals surface area contributed by atoms with E-state index in [1.807, 2.05) is 0 Å². The van der Waals surface area contributed by atoms with Crippen LogP contribution in [-0.4, -0.2) is 14.9 Å². The van der Waals surface area contributed by atoms with E-state index in [0.717, 1.165) is 0 Å². The van der Waals surface area contributed by atoms with Gasteiger partial charge in [0.1, 0.15) is 5.69 Å². The molecule has 0 unspecified atom stereocenters. The zero-order chi connectivity index (χ0) is 10.0. The Kier molecular flexibility index (Phi) is 2.24. The molecule has 13 heavy (non-hydrogen) atoms. The number of hydrogen-bond acceptors (Lipinski definition) is 5. The summed E-state index contributed by atoms with van der Waals surface area (Å²) in [4.78, 5) is 34.8. The van der Waals surface area contributed by atoms with Gasteiger partial charge in [-0.05, 0) is 0 Å². The first-order valence-corrected chi connectivity index (χ1v) is 3.26. The molecule has 0 radical (unpaired) electrons. The van der Waals surface area contributed by atoms with Crippen molar-refractivity contribution >= 4 is 5.69 Å². The Labute approximate surface area is 70.6 Å². The molecule has 0 fully saturated rings. The average Bonchev–Trinajstić information content (AvgIpc) is 2.01. The van der Waals surface area contributed by atoms with Crippen LogP contribution in [0.3, 0.4) is 0 Å². The van der Waals surface area contributed by atoms with Crippen molar-refractivity contribution in [3.63, 3.8) is 0 Å². The molecule has 4 N–H and O–H groups in total. The lowest BCUT2D eigenvalue weighted by Gasteiger charge is -1.96. The number of rotatable bonds is 2. The highest BCUT2D eigenvalue weighted by molar-refractivity contribution is 5.30. The molecule has 8 heteroatoms. The van der Waals surface area contributed by atoms with Crippen molar-refractivity contribution in [2.75, 3.05) is 0 Å². The van der Waals surface area contributed by atoms with Crippen molar-refractivity contribution in [2.45, 2.75) is 6.54 Å². The van der Waals surface area contributed by atoms with E-state index in [4.69, 9.17) is 5.73 Å². The maximum Gasteiger partial charge on any atom is 0.354 e. The average molecular weight is 186 g/mol. The third-order valence-electron chi connectivity index (χ3n) is 1.38. The molecular weight excluding hydrogens is 180 g/mol. The number of aromatic nitrogens is 2. The highest BCUT2D eigenvalue weighted by Gasteiger charge is 2.18. The van der Waals surface area contributed by atoms with Crippen molar-refractivity contribution in [2.24, 2.45) is 5.73 Å². The zero-order valence-electron chi connectivity index (χ0n) is 6.36. The van der Waals surface area contributed by atoms with Gasteiger partial charge in [-0.25, -0.2) is 4.79 Å². The minimum atomic E-state index is -1.05. The van der Waals surface area contributed by atoms with Gasteiger partial charge in [-0.15, -0.1) is 0 Å².